The standard InChI is InChI=1S/C26H21N3OS/c1-3-29(4-2)20-11-9-18(10-12-20)25-13-14-26(31-25)24-15-22(19(16-27)17-28)21-7-5-6-8-23(21)30-24/h5-15H,3-4H2,1-2H3. The van der Waals surface area contributed by atoms with Gasteiger partial charge in [-0.15, -0.1) is 11.3 Å². The molecule has 31 heavy (non-hydrogen) atoms. The predicted octanol–water partition coefficient (Wildman–Crippen LogP) is 6.50. The van der Waals surface area contributed by atoms with Crippen molar-refractivity contribution in [3.8, 4) is 28.3 Å². The number of benzene rings is 2. The molecule has 5 heteroatoms. The normalized spacial score (nSPS) is 12.1. The summed E-state index contributed by atoms with van der Waals surface area (Å²) >= 11 is 1.63. The summed E-state index contributed by atoms with van der Waals surface area (Å²) in [7, 11) is 0. The molecule has 1 aromatic heterocycles. The number of rotatable bonds is 5. The molecule has 0 spiro atoms. The lowest BCUT2D eigenvalue weighted by Crippen LogP contribution is -2.21. The van der Waals surface area contributed by atoms with E-state index in [4.69, 9.17) is 4.74 Å². The Labute approximate surface area is 186 Å². The largest absolute Gasteiger partial charge is 0.455 e. The van der Waals surface area contributed by atoms with Crippen LogP contribution in [0, 0.1) is 22.7 Å². The predicted molar refractivity (Wildman–Crippen MR) is 127 cm³/mol. The summed E-state index contributed by atoms with van der Waals surface area (Å²) in [6, 6.07) is 24.2. The maximum Gasteiger partial charge on any atom is 0.145 e. The second-order valence-electron chi connectivity index (χ2n) is 7.00. The fourth-order valence-corrected chi connectivity index (χ4v) is 4.62. The Morgan fingerprint density at radius 1 is 0.903 bits per heavy atom. The van der Waals surface area contributed by atoms with Gasteiger partial charge in [-0.05, 0) is 55.8 Å². The molecule has 0 aliphatic carbocycles. The van der Waals surface area contributed by atoms with Crippen molar-refractivity contribution in [3.63, 3.8) is 0 Å². The van der Waals surface area contributed by atoms with Crippen LogP contribution in [0.15, 0.2) is 72.3 Å². The van der Waals surface area contributed by atoms with E-state index in [9.17, 15) is 10.5 Å². The number of thiophene rings is 1. The first-order chi connectivity index (χ1) is 15.2. The van der Waals surface area contributed by atoms with Gasteiger partial charge in [0.2, 0.25) is 0 Å². The maximum absolute atomic E-state index is 9.41. The summed E-state index contributed by atoms with van der Waals surface area (Å²) in [5, 5.41) is 18.8. The summed E-state index contributed by atoms with van der Waals surface area (Å²) in [4.78, 5) is 4.40. The molecule has 0 saturated heterocycles. The third-order valence-corrected chi connectivity index (χ3v) is 6.44. The molecule has 152 valence electrons. The molecule has 0 amide bonds. The number of hydrogen-bond acceptors (Lipinski definition) is 5. The van der Waals surface area contributed by atoms with E-state index in [2.05, 4.69) is 49.1 Å². The number of nitrogens with zero attached hydrogens (tertiary/aromatic N) is 3. The van der Waals surface area contributed by atoms with Crippen LogP contribution in [-0.2, 0) is 0 Å². The molecule has 2 heterocycles. The minimum atomic E-state index is 0.0806. The van der Waals surface area contributed by atoms with Gasteiger partial charge in [-0.3, -0.25) is 0 Å². The Hall–Kier alpha value is -3.80. The summed E-state index contributed by atoms with van der Waals surface area (Å²) in [5.74, 6) is 1.30. The summed E-state index contributed by atoms with van der Waals surface area (Å²) in [6.07, 6.45) is 1.79. The Bertz CT molecular complexity index is 1230. The molecule has 4 rings (SSSR count). The van der Waals surface area contributed by atoms with Gasteiger partial charge in [0.1, 0.15) is 29.2 Å². The van der Waals surface area contributed by atoms with Gasteiger partial charge in [0.15, 0.2) is 0 Å². The summed E-state index contributed by atoms with van der Waals surface area (Å²) < 4.78 is 6.13. The van der Waals surface area contributed by atoms with Gasteiger partial charge >= 0.3 is 0 Å². The minimum Gasteiger partial charge on any atom is -0.455 e. The van der Waals surface area contributed by atoms with E-state index in [0.29, 0.717) is 17.1 Å². The highest BCUT2D eigenvalue weighted by Gasteiger charge is 2.22. The Balaban J connectivity index is 1.69. The fourth-order valence-electron chi connectivity index (χ4n) is 3.66. The van der Waals surface area contributed by atoms with Crippen molar-refractivity contribution >= 4 is 28.4 Å². The van der Waals surface area contributed by atoms with Crippen LogP contribution in [-0.4, -0.2) is 13.1 Å². The SMILES string of the molecule is CCN(CC)c1ccc(-c2ccc(C3=CC(=C(C#N)C#N)c4ccccc4O3)s2)cc1. The molecule has 1 aliphatic heterocycles. The van der Waals surface area contributed by atoms with E-state index < -0.39 is 0 Å². The first-order valence-electron chi connectivity index (χ1n) is 10.2. The van der Waals surface area contributed by atoms with Crippen LogP contribution in [0.5, 0.6) is 5.75 Å². The van der Waals surface area contributed by atoms with Crippen LogP contribution in [0.3, 0.4) is 0 Å². The second-order valence-corrected chi connectivity index (χ2v) is 8.09. The molecular formula is C26H21N3OS. The van der Waals surface area contributed by atoms with Crippen molar-refractivity contribution in [2.75, 3.05) is 18.0 Å². The highest BCUT2D eigenvalue weighted by molar-refractivity contribution is 7.16. The van der Waals surface area contributed by atoms with Gasteiger partial charge in [0.05, 0.1) is 4.88 Å². The number of anilines is 1. The molecule has 1 aliphatic rings. The molecule has 0 atom stereocenters. The van der Waals surface area contributed by atoms with Gasteiger partial charge in [-0.25, -0.2) is 0 Å². The monoisotopic (exact) mass is 423 g/mol. The van der Waals surface area contributed by atoms with Crippen LogP contribution >= 0.6 is 11.3 Å². The Kier molecular flexibility index (Phi) is 5.89. The van der Waals surface area contributed by atoms with Crippen LogP contribution in [0.2, 0.25) is 0 Å². The van der Waals surface area contributed by atoms with E-state index in [1.807, 2.05) is 42.5 Å². The van der Waals surface area contributed by atoms with Crippen LogP contribution in [0.1, 0.15) is 24.3 Å². The lowest BCUT2D eigenvalue weighted by molar-refractivity contribution is 0.511. The number of ether oxygens (including phenoxy) is 1. The zero-order chi connectivity index (χ0) is 21.8. The smallest absolute Gasteiger partial charge is 0.145 e. The average molecular weight is 424 g/mol. The van der Waals surface area contributed by atoms with Crippen LogP contribution in [0.4, 0.5) is 5.69 Å². The van der Waals surface area contributed by atoms with Gasteiger partial charge in [-0.2, -0.15) is 10.5 Å². The molecule has 3 aromatic rings. The van der Waals surface area contributed by atoms with E-state index in [0.717, 1.165) is 34.0 Å². The van der Waals surface area contributed by atoms with E-state index >= 15 is 0 Å². The van der Waals surface area contributed by atoms with Crippen LogP contribution in [0.25, 0.3) is 21.8 Å². The van der Waals surface area contributed by atoms with Crippen LogP contribution < -0.4 is 9.64 Å². The van der Waals surface area contributed by atoms with Crippen molar-refractivity contribution in [3.05, 3.63) is 82.8 Å². The van der Waals surface area contributed by atoms with Gasteiger partial charge in [-0.1, -0.05) is 30.3 Å². The lowest BCUT2D eigenvalue weighted by atomic mass is 9.97. The van der Waals surface area contributed by atoms with Crippen molar-refractivity contribution in [2.24, 2.45) is 0 Å². The zero-order valence-electron chi connectivity index (χ0n) is 17.4. The van der Waals surface area contributed by atoms with Gasteiger partial charge in [0.25, 0.3) is 0 Å². The van der Waals surface area contributed by atoms with Crippen molar-refractivity contribution < 1.29 is 4.74 Å². The van der Waals surface area contributed by atoms with E-state index in [1.165, 1.54) is 5.69 Å². The average Bonchev–Trinajstić information content (AvgIpc) is 3.31. The molecule has 4 nitrogen and oxygen atoms in total. The molecular weight excluding hydrogens is 402 g/mol. The molecule has 2 aromatic carbocycles. The van der Waals surface area contributed by atoms with Crippen molar-refractivity contribution in [2.45, 2.75) is 13.8 Å². The van der Waals surface area contributed by atoms with Gasteiger partial charge in [0, 0.05) is 34.8 Å². The second kappa shape index (κ2) is 8.92. The Morgan fingerprint density at radius 3 is 2.26 bits per heavy atom. The molecule has 0 radical (unpaired) electrons. The fraction of sp³-hybridized carbons (Fsp3) is 0.154. The first kappa shape index (κ1) is 20.5. The maximum atomic E-state index is 9.41. The number of para-hydroxylation sites is 1. The number of hydrogen-bond donors (Lipinski definition) is 0. The highest BCUT2D eigenvalue weighted by Crippen LogP contribution is 2.41. The van der Waals surface area contributed by atoms with Gasteiger partial charge < -0.3 is 9.64 Å². The van der Waals surface area contributed by atoms with E-state index in [-0.39, 0.29) is 5.57 Å². The summed E-state index contributed by atoms with van der Waals surface area (Å²) in [5.41, 5.74) is 3.80. The first-order valence-corrected chi connectivity index (χ1v) is 11.0. The molecule has 0 N–H and O–H groups in total. The third-order valence-electron chi connectivity index (χ3n) is 5.29. The molecule has 0 unspecified atom stereocenters. The number of allylic oxidation sites excluding steroid dienone is 3. The highest BCUT2D eigenvalue weighted by atomic mass is 32.1. The van der Waals surface area contributed by atoms with E-state index in [1.54, 1.807) is 17.4 Å². The quantitative estimate of drug-likeness (QED) is 0.440. The topological polar surface area (TPSA) is 60.0 Å². The molecule has 0 fully saturated rings. The lowest BCUT2D eigenvalue weighted by Gasteiger charge is -2.21. The number of nitriles is 2. The number of fused-ring (bicyclic) bond motifs is 1. The summed E-state index contributed by atoms with van der Waals surface area (Å²) in [6.45, 7) is 6.28. The third kappa shape index (κ3) is 3.97. The molecule has 0 bridgehead atoms. The van der Waals surface area contributed by atoms with Crippen molar-refractivity contribution in [1.82, 2.24) is 0 Å². The zero-order valence-corrected chi connectivity index (χ0v) is 18.2. The Morgan fingerprint density at radius 2 is 1.58 bits per heavy atom. The minimum absolute atomic E-state index is 0.0806. The van der Waals surface area contributed by atoms with Crippen molar-refractivity contribution in [1.29, 1.82) is 10.5 Å². The molecule has 0 saturated carbocycles.